The molecule has 7 heteroatoms. The van der Waals surface area contributed by atoms with Gasteiger partial charge in [0.25, 0.3) is 5.91 Å². The van der Waals surface area contributed by atoms with E-state index in [9.17, 15) is 9.59 Å². The van der Waals surface area contributed by atoms with E-state index in [1.54, 1.807) is 6.07 Å². The van der Waals surface area contributed by atoms with E-state index < -0.39 is 0 Å². The predicted octanol–water partition coefficient (Wildman–Crippen LogP) is 4.63. The number of esters is 1. The van der Waals surface area contributed by atoms with Gasteiger partial charge in [-0.1, -0.05) is 36.4 Å². The molecule has 2 aliphatic heterocycles. The summed E-state index contributed by atoms with van der Waals surface area (Å²) in [4.78, 5) is 30.9. The molecule has 1 aromatic heterocycles. The van der Waals surface area contributed by atoms with E-state index in [1.165, 1.54) is 18.4 Å². The van der Waals surface area contributed by atoms with Crippen LogP contribution in [-0.4, -0.2) is 51.8 Å². The van der Waals surface area contributed by atoms with Crippen LogP contribution in [0.15, 0.2) is 54.6 Å². The molecule has 2 aliphatic rings. The van der Waals surface area contributed by atoms with Crippen molar-refractivity contribution in [2.24, 2.45) is 0 Å². The molecule has 170 valence electrons. The minimum absolute atomic E-state index is 0.0281. The lowest BCUT2D eigenvalue weighted by molar-refractivity contribution is 0.0599. The van der Waals surface area contributed by atoms with Crippen LogP contribution >= 0.6 is 11.3 Å². The first kappa shape index (κ1) is 21.7. The van der Waals surface area contributed by atoms with E-state index in [4.69, 9.17) is 9.47 Å². The van der Waals surface area contributed by atoms with Gasteiger partial charge in [0.1, 0.15) is 0 Å². The van der Waals surface area contributed by atoms with E-state index in [0.29, 0.717) is 30.2 Å². The highest BCUT2D eigenvalue weighted by Crippen LogP contribution is 2.41. The SMILES string of the molecule is COC(=O)c1cccc2c1CCCN2C(=O)c1cc(-c2ccccc2)c(N2CCOCC2)s1. The summed E-state index contributed by atoms with van der Waals surface area (Å²) in [6.45, 7) is 3.62. The molecule has 2 aromatic carbocycles. The van der Waals surface area contributed by atoms with Gasteiger partial charge in [-0.05, 0) is 42.2 Å². The minimum atomic E-state index is -0.363. The summed E-state index contributed by atoms with van der Waals surface area (Å²) in [5.41, 5.74) is 4.40. The van der Waals surface area contributed by atoms with Gasteiger partial charge in [-0.15, -0.1) is 11.3 Å². The van der Waals surface area contributed by atoms with Crippen LogP contribution in [0.1, 0.15) is 32.0 Å². The van der Waals surface area contributed by atoms with E-state index in [0.717, 1.165) is 53.3 Å². The van der Waals surface area contributed by atoms with Gasteiger partial charge in [-0.2, -0.15) is 0 Å². The summed E-state index contributed by atoms with van der Waals surface area (Å²) < 4.78 is 10.5. The molecule has 0 unspecified atom stereocenters. The lowest BCUT2D eigenvalue weighted by Crippen LogP contribution is -2.36. The first-order chi connectivity index (χ1) is 16.2. The Kier molecular flexibility index (Phi) is 6.15. The molecule has 0 saturated carbocycles. The summed E-state index contributed by atoms with van der Waals surface area (Å²) in [6, 6.07) is 17.7. The van der Waals surface area contributed by atoms with Crippen LogP contribution in [0, 0.1) is 0 Å². The molecule has 33 heavy (non-hydrogen) atoms. The molecule has 0 atom stereocenters. The van der Waals surface area contributed by atoms with Crippen LogP contribution in [0.2, 0.25) is 0 Å². The topological polar surface area (TPSA) is 59.1 Å². The van der Waals surface area contributed by atoms with Gasteiger partial charge in [0.15, 0.2) is 0 Å². The number of carbonyl (C=O) groups is 2. The maximum Gasteiger partial charge on any atom is 0.338 e. The largest absolute Gasteiger partial charge is 0.465 e. The van der Waals surface area contributed by atoms with E-state index in [-0.39, 0.29) is 11.9 Å². The second-order valence-electron chi connectivity index (χ2n) is 8.15. The van der Waals surface area contributed by atoms with Gasteiger partial charge in [0.05, 0.1) is 35.8 Å². The van der Waals surface area contributed by atoms with Gasteiger partial charge in [0.2, 0.25) is 0 Å². The second-order valence-corrected chi connectivity index (χ2v) is 9.18. The van der Waals surface area contributed by atoms with Gasteiger partial charge in [-0.25, -0.2) is 4.79 Å². The Morgan fingerprint density at radius 1 is 1.00 bits per heavy atom. The average molecular weight is 463 g/mol. The number of ether oxygens (including phenoxy) is 2. The third kappa shape index (κ3) is 4.14. The highest BCUT2D eigenvalue weighted by Gasteiger charge is 2.29. The lowest BCUT2D eigenvalue weighted by atomic mass is 9.96. The fourth-order valence-electron chi connectivity index (χ4n) is 4.58. The van der Waals surface area contributed by atoms with Crippen LogP contribution in [0.5, 0.6) is 0 Å². The van der Waals surface area contributed by atoms with E-state index in [2.05, 4.69) is 17.0 Å². The summed E-state index contributed by atoms with van der Waals surface area (Å²) in [7, 11) is 1.39. The fraction of sp³-hybridized carbons (Fsp3) is 0.308. The van der Waals surface area contributed by atoms with Crippen molar-refractivity contribution in [1.82, 2.24) is 0 Å². The highest BCUT2D eigenvalue weighted by molar-refractivity contribution is 7.18. The number of benzene rings is 2. The van der Waals surface area contributed by atoms with Crippen molar-refractivity contribution in [3.8, 4) is 11.1 Å². The van der Waals surface area contributed by atoms with Crippen molar-refractivity contribution < 1.29 is 19.1 Å². The van der Waals surface area contributed by atoms with Crippen LogP contribution < -0.4 is 9.80 Å². The number of nitrogens with zero attached hydrogens (tertiary/aromatic N) is 2. The Balaban J connectivity index is 1.54. The van der Waals surface area contributed by atoms with Gasteiger partial charge in [-0.3, -0.25) is 4.79 Å². The molecule has 5 rings (SSSR count). The molecule has 3 heterocycles. The molecular formula is C26H26N2O4S. The fourth-order valence-corrected chi connectivity index (χ4v) is 5.76. The van der Waals surface area contributed by atoms with Gasteiger partial charge >= 0.3 is 5.97 Å². The normalized spacial score (nSPS) is 15.8. The molecule has 0 bridgehead atoms. The molecular weight excluding hydrogens is 436 g/mol. The Labute approximate surface area is 197 Å². The van der Waals surface area contributed by atoms with E-state index >= 15 is 0 Å². The van der Waals surface area contributed by atoms with Crippen molar-refractivity contribution in [3.63, 3.8) is 0 Å². The molecule has 0 radical (unpaired) electrons. The van der Waals surface area contributed by atoms with Crippen molar-refractivity contribution in [2.45, 2.75) is 12.8 Å². The van der Waals surface area contributed by atoms with Crippen molar-refractivity contribution in [1.29, 1.82) is 0 Å². The third-order valence-electron chi connectivity index (χ3n) is 6.21. The number of anilines is 2. The number of fused-ring (bicyclic) bond motifs is 1. The first-order valence-electron chi connectivity index (χ1n) is 11.2. The van der Waals surface area contributed by atoms with Gasteiger partial charge < -0.3 is 19.3 Å². The number of carbonyl (C=O) groups excluding carboxylic acids is 2. The average Bonchev–Trinajstić information content (AvgIpc) is 3.34. The number of rotatable bonds is 4. The highest BCUT2D eigenvalue weighted by atomic mass is 32.1. The molecule has 0 aliphatic carbocycles. The van der Waals surface area contributed by atoms with Crippen LogP contribution in [0.25, 0.3) is 11.1 Å². The van der Waals surface area contributed by atoms with Crippen molar-refractivity contribution >= 4 is 33.9 Å². The number of hydrogen-bond acceptors (Lipinski definition) is 6. The first-order valence-corrected chi connectivity index (χ1v) is 12.0. The predicted molar refractivity (Wildman–Crippen MR) is 131 cm³/mol. The molecule has 0 N–H and O–H groups in total. The summed E-state index contributed by atoms with van der Waals surface area (Å²) >= 11 is 1.54. The number of thiophene rings is 1. The van der Waals surface area contributed by atoms with Crippen LogP contribution in [0.3, 0.4) is 0 Å². The Morgan fingerprint density at radius 3 is 2.55 bits per heavy atom. The maximum absolute atomic E-state index is 13.8. The zero-order valence-corrected chi connectivity index (χ0v) is 19.4. The molecule has 1 saturated heterocycles. The van der Waals surface area contributed by atoms with Crippen molar-refractivity contribution in [2.75, 3.05) is 49.8 Å². The number of morpholine rings is 1. The number of amides is 1. The smallest absolute Gasteiger partial charge is 0.338 e. The summed E-state index contributed by atoms with van der Waals surface area (Å²) in [5, 5.41) is 1.10. The second kappa shape index (κ2) is 9.37. The lowest BCUT2D eigenvalue weighted by Gasteiger charge is -2.30. The molecule has 1 fully saturated rings. The van der Waals surface area contributed by atoms with Gasteiger partial charge in [0, 0.05) is 30.9 Å². The third-order valence-corrected chi connectivity index (χ3v) is 7.39. The Bertz CT molecular complexity index is 1170. The quantitative estimate of drug-likeness (QED) is 0.529. The summed E-state index contributed by atoms with van der Waals surface area (Å²) in [5.74, 6) is -0.391. The maximum atomic E-state index is 13.8. The molecule has 1 amide bonds. The van der Waals surface area contributed by atoms with Crippen molar-refractivity contribution in [3.05, 3.63) is 70.6 Å². The number of methoxy groups -OCH3 is 1. The standard InChI is InChI=1S/C26H26N2O4S/c1-31-26(30)20-9-5-11-22-19(20)10-6-12-28(22)24(29)23-17-21(18-7-3-2-4-8-18)25(33-23)27-13-15-32-16-14-27/h2-5,7-9,11,17H,6,10,12-16H2,1H3. The van der Waals surface area contributed by atoms with Crippen LogP contribution in [0.4, 0.5) is 10.7 Å². The Hall–Kier alpha value is -3.16. The molecule has 3 aromatic rings. The molecule has 6 nitrogen and oxygen atoms in total. The van der Waals surface area contributed by atoms with Crippen LogP contribution in [-0.2, 0) is 15.9 Å². The monoisotopic (exact) mass is 462 g/mol. The number of hydrogen-bond donors (Lipinski definition) is 0. The minimum Gasteiger partial charge on any atom is -0.465 e. The van der Waals surface area contributed by atoms with E-state index in [1.807, 2.05) is 41.3 Å². The Morgan fingerprint density at radius 2 is 1.79 bits per heavy atom. The zero-order valence-electron chi connectivity index (χ0n) is 18.6. The molecule has 0 spiro atoms. The summed E-state index contributed by atoms with van der Waals surface area (Å²) in [6.07, 6.45) is 1.56. The zero-order chi connectivity index (χ0) is 22.8.